The Morgan fingerprint density at radius 3 is 2.52 bits per heavy atom. The van der Waals surface area contributed by atoms with E-state index in [0.717, 1.165) is 83.0 Å². The fourth-order valence-electron chi connectivity index (χ4n) is 5.37. The number of hydrogen-bond donors (Lipinski definition) is 1. The molecule has 1 saturated carbocycles. The van der Waals surface area contributed by atoms with Crippen LogP contribution in [-0.2, 0) is 16.4 Å². The maximum Gasteiger partial charge on any atom is 0.240 e. The molecule has 0 bridgehead atoms. The van der Waals surface area contributed by atoms with Crippen LogP contribution in [0.5, 0.6) is 5.75 Å². The van der Waals surface area contributed by atoms with Crippen LogP contribution in [0.25, 0.3) is 0 Å². The maximum absolute atomic E-state index is 12.6. The summed E-state index contributed by atoms with van der Waals surface area (Å²) >= 11 is 0. The first-order valence-corrected chi connectivity index (χ1v) is 13.7. The molecule has 5 rings (SSSR count). The van der Waals surface area contributed by atoms with Crippen LogP contribution in [-0.4, -0.2) is 63.7 Å². The lowest BCUT2D eigenvalue weighted by atomic mass is 9.84. The Morgan fingerprint density at radius 1 is 1.00 bits per heavy atom. The fourth-order valence-corrected chi connectivity index (χ4v) is 6.70. The number of nitrogens with zero attached hydrogens (tertiary/aromatic N) is 3. The Hall–Kier alpha value is -2.16. The smallest absolute Gasteiger partial charge is 0.240 e. The molecule has 0 spiro atoms. The zero-order valence-corrected chi connectivity index (χ0v) is 20.0. The molecule has 1 saturated heterocycles. The lowest BCUT2D eigenvalue weighted by Crippen LogP contribution is -2.47. The third-order valence-electron chi connectivity index (χ3n) is 7.35. The average Bonchev–Trinajstić information content (AvgIpc) is 3.34. The highest BCUT2D eigenvalue weighted by atomic mass is 32.2. The van der Waals surface area contributed by atoms with Crippen molar-refractivity contribution in [1.82, 2.24) is 14.6 Å². The van der Waals surface area contributed by atoms with Crippen LogP contribution in [0.4, 0.5) is 5.82 Å². The minimum atomic E-state index is -3.41. The summed E-state index contributed by atoms with van der Waals surface area (Å²) < 4.78 is 33.8. The number of ether oxygens (including phenoxy) is 1. The van der Waals surface area contributed by atoms with Gasteiger partial charge in [0, 0.05) is 50.4 Å². The molecule has 178 valence electrons. The zero-order valence-electron chi connectivity index (χ0n) is 19.2. The summed E-state index contributed by atoms with van der Waals surface area (Å²) in [5.41, 5.74) is 1.27. The number of nitrogens with one attached hydrogen (secondary N) is 1. The van der Waals surface area contributed by atoms with Crippen molar-refractivity contribution in [3.63, 3.8) is 0 Å². The number of aromatic nitrogens is 1. The molecule has 7 nitrogen and oxygen atoms in total. The summed E-state index contributed by atoms with van der Waals surface area (Å²) in [6, 6.07) is 10.7. The van der Waals surface area contributed by atoms with Gasteiger partial charge in [0.1, 0.15) is 11.6 Å². The van der Waals surface area contributed by atoms with Crippen LogP contribution >= 0.6 is 0 Å². The van der Waals surface area contributed by atoms with Gasteiger partial charge in [-0.3, -0.25) is 4.90 Å². The zero-order chi connectivity index (χ0) is 22.7. The van der Waals surface area contributed by atoms with Crippen LogP contribution in [0.3, 0.4) is 0 Å². The van der Waals surface area contributed by atoms with E-state index in [2.05, 4.69) is 19.5 Å². The van der Waals surface area contributed by atoms with Crippen LogP contribution < -0.4 is 14.4 Å². The van der Waals surface area contributed by atoms with Gasteiger partial charge in [-0.25, -0.2) is 18.1 Å². The molecular formula is C25H34N4O3S. The van der Waals surface area contributed by atoms with E-state index >= 15 is 0 Å². The van der Waals surface area contributed by atoms with Gasteiger partial charge in [-0.2, -0.15) is 0 Å². The maximum atomic E-state index is 12.6. The van der Waals surface area contributed by atoms with Gasteiger partial charge in [0.05, 0.1) is 11.5 Å². The number of hydrogen-bond acceptors (Lipinski definition) is 6. The van der Waals surface area contributed by atoms with Gasteiger partial charge in [0.25, 0.3) is 0 Å². The molecule has 2 aromatic rings. The second-order valence-electron chi connectivity index (χ2n) is 9.48. The van der Waals surface area contributed by atoms with Crippen molar-refractivity contribution >= 4 is 15.8 Å². The van der Waals surface area contributed by atoms with Crippen molar-refractivity contribution in [3.8, 4) is 5.75 Å². The molecule has 0 unspecified atom stereocenters. The summed E-state index contributed by atoms with van der Waals surface area (Å²) in [7, 11) is -3.41. The molecule has 0 radical (unpaired) electrons. The summed E-state index contributed by atoms with van der Waals surface area (Å²) in [6.07, 6.45) is 8.08. The Kier molecular flexibility index (Phi) is 6.85. The number of piperazine rings is 1. The number of pyridine rings is 1. The molecule has 1 aromatic heterocycles. The molecule has 0 atom stereocenters. The lowest BCUT2D eigenvalue weighted by Gasteiger charge is -2.37. The first kappa shape index (κ1) is 22.6. The average molecular weight is 471 g/mol. The molecular weight excluding hydrogens is 436 g/mol. The van der Waals surface area contributed by atoms with Crippen LogP contribution in [0.15, 0.2) is 47.5 Å². The van der Waals surface area contributed by atoms with E-state index in [9.17, 15) is 8.42 Å². The number of rotatable bonds is 7. The molecule has 3 aliphatic rings. The Labute approximate surface area is 197 Å². The number of anilines is 1. The predicted molar refractivity (Wildman–Crippen MR) is 129 cm³/mol. The van der Waals surface area contributed by atoms with E-state index < -0.39 is 10.0 Å². The topological polar surface area (TPSA) is 74.8 Å². The monoisotopic (exact) mass is 470 g/mol. The van der Waals surface area contributed by atoms with E-state index in [1.54, 1.807) is 24.3 Å². The quantitative estimate of drug-likeness (QED) is 0.670. The van der Waals surface area contributed by atoms with E-state index in [4.69, 9.17) is 4.74 Å². The van der Waals surface area contributed by atoms with Gasteiger partial charge in [-0.05, 0) is 62.8 Å². The summed E-state index contributed by atoms with van der Waals surface area (Å²) in [4.78, 5) is 9.99. The third kappa shape index (κ3) is 5.34. The highest BCUT2D eigenvalue weighted by Gasteiger charge is 2.27. The molecule has 8 heteroatoms. The highest BCUT2D eigenvalue weighted by Crippen LogP contribution is 2.33. The number of fused-ring (bicyclic) bond motifs is 1. The van der Waals surface area contributed by atoms with Crippen LogP contribution in [0, 0.1) is 5.92 Å². The van der Waals surface area contributed by atoms with Gasteiger partial charge in [-0.15, -0.1) is 0 Å². The molecule has 3 heterocycles. The van der Waals surface area contributed by atoms with E-state index in [-0.39, 0.29) is 6.04 Å². The highest BCUT2D eigenvalue weighted by molar-refractivity contribution is 7.89. The Balaban J connectivity index is 1.04. The first-order chi connectivity index (χ1) is 16.1. The first-order valence-electron chi connectivity index (χ1n) is 12.2. The van der Waals surface area contributed by atoms with Crippen molar-refractivity contribution < 1.29 is 13.2 Å². The molecule has 33 heavy (non-hydrogen) atoms. The lowest BCUT2D eigenvalue weighted by molar-refractivity contribution is 0.214. The predicted octanol–water partition coefficient (Wildman–Crippen LogP) is 3.07. The molecule has 1 aromatic carbocycles. The molecule has 1 aliphatic carbocycles. The largest absolute Gasteiger partial charge is 0.493 e. The Bertz CT molecular complexity index is 1030. The van der Waals surface area contributed by atoms with Crippen molar-refractivity contribution in [2.75, 3.05) is 44.2 Å². The number of benzene rings is 1. The van der Waals surface area contributed by atoms with Crippen LogP contribution in [0.2, 0.25) is 0 Å². The normalized spacial score (nSPS) is 23.8. The van der Waals surface area contributed by atoms with Crippen LogP contribution in [0.1, 0.15) is 37.7 Å². The van der Waals surface area contributed by atoms with Crippen molar-refractivity contribution in [2.24, 2.45) is 5.92 Å². The standard InChI is InChI=1S/C25H34N4O3S/c30-33(31,22-4-2-1-3-5-22)27-21-8-6-20(7-9-21)11-14-28-15-17-29(18-16-28)25-23-12-19-32-24(23)10-13-26-25/h1-5,10,13,20-21,27H,6-9,11-12,14-19H2/t20-,21-. The van der Waals surface area contributed by atoms with Crippen molar-refractivity contribution in [1.29, 1.82) is 0 Å². The summed E-state index contributed by atoms with van der Waals surface area (Å²) in [5.74, 6) is 2.81. The van der Waals surface area contributed by atoms with Gasteiger partial charge in [0.2, 0.25) is 10.0 Å². The van der Waals surface area contributed by atoms with Gasteiger partial charge >= 0.3 is 0 Å². The summed E-state index contributed by atoms with van der Waals surface area (Å²) in [6.45, 7) is 6.05. The Morgan fingerprint density at radius 2 is 1.76 bits per heavy atom. The van der Waals surface area contributed by atoms with E-state index in [1.165, 1.54) is 12.0 Å². The number of sulfonamides is 1. The second-order valence-corrected chi connectivity index (χ2v) is 11.2. The molecule has 1 N–H and O–H groups in total. The molecule has 2 aliphatic heterocycles. The van der Waals surface area contributed by atoms with E-state index in [0.29, 0.717) is 10.8 Å². The second kappa shape index (κ2) is 9.99. The van der Waals surface area contributed by atoms with Crippen molar-refractivity contribution in [2.45, 2.75) is 49.5 Å². The van der Waals surface area contributed by atoms with Gasteiger partial charge in [0.15, 0.2) is 0 Å². The molecule has 2 fully saturated rings. The van der Waals surface area contributed by atoms with Crippen molar-refractivity contribution in [3.05, 3.63) is 48.2 Å². The van der Waals surface area contributed by atoms with Gasteiger partial charge in [-0.1, -0.05) is 18.2 Å². The third-order valence-corrected chi connectivity index (χ3v) is 8.88. The van der Waals surface area contributed by atoms with E-state index in [1.807, 2.05) is 18.3 Å². The SMILES string of the molecule is O=S(=O)(N[C@H]1CC[C@H](CCN2CCN(c3nccc4c3CCO4)CC2)CC1)c1ccccc1. The minimum Gasteiger partial charge on any atom is -0.493 e. The molecule has 0 amide bonds. The summed E-state index contributed by atoms with van der Waals surface area (Å²) in [5, 5.41) is 0. The van der Waals surface area contributed by atoms with Gasteiger partial charge < -0.3 is 9.64 Å². The fraction of sp³-hybridized carbons (Fsp3) is 0.560. The minimum absolute atomic E-state index is 0.0547.